The zero-order chi connectivity index (χ0) is 28.3. The third kappa shape index (κ3) is 5.55. The monoisotopic (exact) mass is 556 g/mol. The maximum absolute atomic E-state index is 13.5. The third-order valence-corrected chi connectivity index (χ3v) is 7.05. The van der Waals surface area contributed by atoms with E-state index in [-0.39, 0.29) is 26.2 Å². The van der Waals surface area contributed by atoms with Gasteiger partial charge in [-0.15, -0.1) is 0 Å². The van der Waals surface area contributed by atoms with Gasteiger partial charge in [-0.2, -0.15) is 0 Å². The molecular formula is C30H28N4O7. The van der Waals surface area contributed by atoms with Gasteiger partial charge in [-0.05, 0) is 6.92 Å². The van der Waals surface area contributed by atoms with Crippen LogP contribution in [-0.2, 0) is 22.6 Å². The summed E-state index contributed by atoms with van der Waals surface area (Å²) in [5, 5.41) is 18.1. The van der Waals surface area contributed by atoms with Gasteiger partial charge in [-0.25, -0.2) is 4.79 Å². The molecule has 210 valence electrons. The minimum Gasteiger partial charge on any atom is -0.394 e. The van der Waals surface area contributed by atoms with E-state index in [0.717, 1.165) is 15.7 Å². The highest BCUT2D eigenvalue weighted by atomic mass is 16.6. The van der Waals surface area contributed by atoms with Gasteiger partial charge in [-0.1, -0.05) is 71.0 Å². The van der Waals surface area contributed by atoms with Crippen LogP contribution in [0.2, 0.25) is 0 Å². The van der Waals surface area contributed by atoms with E-state index >= 15 is 0 Å². The lowest BCUT2D eigenvalue weighted by molar-refractivity contribution is -0.0684. The maximum Gasteiger partial charge on any atom is 0.333 e. The zero-order valence-corrected chi connectivity index (χ0v) is 22.3. The van der Waals surface area contributed by atoms with Crippen LogP contribution in [0.3, 0.4) is 0 Å². The van der Waals surface area contributed by atoms with Gasteiger partial charge in [0, 0.05) is 41.4 Å². The summed E-state index contributed by atoms with van der Waals surface area (Å²) in [6, 6.07) is 22.6. The van der Waals surface area contributed by atoms with E-state index < -0.39 is 29.7 Å². The molecular weight excluding hydrogens is 528 g/mol. The van der Waals surface area contributed by atoms with Crippen LogP contribution in [0.5, 0.6) is 0 Å². The maximum atomic E-state index is 13.5. The molecule has 0 saturated carbocycles. The van der Waals surface area contributed by atoms with Crippen molar-refractivity contribution >= 4 is 0 Å². The third-order valence-electron chi connectivity index (χ3n) is 7.05. The molecule has 3 aromatic heterocycles. The molecule has 1 aliphatic heterocycles. The number of aliphatic hydroxyl groups excluding tert-OH is 1. The van der Waals surface area contributed by atoms with E-state index in [2.05, 4.69) is 10.3 Å². The number of hydrogen-bond donors (Lipinski definition) is 1. The number of rotatable bonds is 9. The van der Waals surface area contributed by atoms with Crippen molar-refractivity contribution in [3.63, 3.8) is 0 Å². The van der Waals surface area contributed by atoms with Crippen LogP contribution in [0.25, 0.3) is 22.5 Å². The topological polar surface area (TPSA) is 135 Å². The van der Waals surface area contributed by atoms with Crippen LogP contribution in [-0.4, -0.2) is 43.4 Å². The summed E-state index contributed by atoms with van der Waals surface area (Å²) in [5.74, 6) is 0.886. The molecule has 4 heterocycles. The van der Waals surface area contributed by atoms with Gasteiger partial charge in [-0.3, -0.25) is 13.9 Å². The van der Waals surface area contributed by atoms with Crippen molar-refractivity contribution in [2.75, 3.05) is 6.61 Å². The molecule has 2 aromatic carbocycles. The predicted octanol–water partition coefficient (Wildman–Crippen LogP) is 3.54. The normalized spacial score (nSPS) is 18.6. The van der Waals surface area contributed by atoms with Crippen LogP contribution < -0.4 is 11.2 Å². The fourth-order valence-corrected chi connectivity index (χ4v) is 4.92. The number of aliphatic hydroxyl groups is 1. The first-order valence-electron chi connectivity index (χ1n) is 13.2. The Morgan fingerprint density at radius 1 is 0.927 bits per heavy atom. The first-order chi connectivity index (χ1) is 20.0. The Morgan fingerprint density at radius 2 is 1.54 bits per heavy atom. The molecule has 0 unspecified atom stereocenters. The Balaban J connectivity index is 1.18. The molecule has 0 spiro atoms. The smallest absolute Gasteiger partial charge is 0.333 e. The van der Waals surface area contributed by atoms with Crippen molar-refractivity contribution in [2.45, 2.75) is 44.9 Å². The van der Waals surface area contributed by atoms with E-state index in [1.807, 2.05) is 60.7 Å². The molecule has 1 N–H and O–H groups in total. The molecule has 5 aromatic rings. The summed E-state index contributed by atoms with van der Waals surface area (Å²) < 4.78 is 25.4. The number of ether oxygens (including phenoxy) is 2. The number of aryl methyl sites for hydroxylation is 1. The van der Waals surface area contributed by atoms with Crippen LogP contribution in [0.15, 0.2) is 97.6 Å². The van der Waals surface area contributed by atoms with Crippen LogP contribution in [0.4, 0.5) is 0 Å². The molecule has 0 aliphatic carbocycles. The Kier molecular flexibility index (Phi) is 7.47. The summed E-state index contributed by atoms with van der Waals surface area (Å²) in [5.41, 5.74) is 2.43. The van der Waals surface area contributed by atoms with Crippen molar-refractivity contribution in [2.24, 2.45) is 0 Å². The lowest BCUT2D eigenvalue weighted by Gasteiger charge is -2.17. The summed E-state index contributed by atoms with van der Waals surface area (Å²) in [7, 11) is 0. The minimum atomic E-state index is -0.751. The van der Waals surface area contributed by atoms with Gasteiger partial charge >= 0.3 is 5.69 Å². The Bertz CT molecular complexity index is 1740. The second kappa shape index (κ2) is 11.5. The number of aromatic nitrogens is 4. The van der Waals surface area contributed by atoms with Gasteiger partial charge < -0.3 is 23.6 Å². The molecule has 1 fully saturated rings. The zero-order valence-electron chi connectivity index (χ0n) is 22.3. The van der Waals surface area contributed by atoms with Gasteiger partial charge in [0.1, 0.15) is 30.3 Å². The lowest BCUT2D eigenvalue weighted by atomic mass is 10.1. The molecule has 0 radical (unpaired) electrons. The van der Waals surface area contributed by atoms with Gasteiger partial charge in [0.25, 0.3) is 5.56 Å². The number of nitrogens with zero attached hydrogens (tertiary/aromatic N) is 4. The first-order valence-corrected chi connectivity index (χ1v) is 13.2. The van der Waals surface area contributed by atoms with E-state index in [9.17, 15) is 14.7 Å². The summed E-state index contributed by atoms with van der Waals surface area (Å²) in [6.07, 6.45) is -0.194. The summed E-state index contributed by atoms with van der Waals surface area (Å²) in [6.45, 7) is 1.34. The van der Waals surface area contributed by atoms with Crippen LogP contribution >= 0.6 is 0 Å². The summed E-state index contributed by atoms with van der Waals surface area (Å²) >= 11 is 0. The van der Waals surface area contributed by atoms with Crippen molar-refractivity contribution < 1.29 is 23.6 Å². The SMILES string of the molecule is Cc1cn([C@H]2C[C@H](OCc3cc(-c4ccccc4)no3)[C@@H](CO)O2)c(=O)n(Cc2cc(-c3ccccc3)no2)c1=O. The van der Waals surface area contributed by atoms with Gasteiger partial charge in [0.05, 0.1) is 19.3 Å². The Labute approximate surface area is 234 Å². The molecule has 41 heavy (non-hydrogen) atoms. The van der Waals surface area contributed by atoms with Crippen molar-refractivity contribution in [1.29, 1.82) is 0 Å². The fourth-order valence-electron chi connectivity index (χ4n) is 4.92. The highest BCUT2D eigenvalue weighted by molar-refractivity contribution is 5.59. The van der Waals surface area contributed by atoms with E-state index in [4.69, 9.17) is 18.5 Å². The molecule has 11 nitrogen and oxygen atoms in total. The van der Waals surface area contributed by atoms with Crippen molar-refractivity contribution in [1.82, 2.24) is 19.4 Å². The highest BCUT2D eigenvalue weighted by Crippen LogP contribution is 2.31. The Morgan fingerprint density at radius 3 is 2.17 bits per heavy atom. The molecule has 3 atom stereocenters. The number of hydrogen-bond acceptors (Lipinski definition) is 9. The molecule has 11 heteroatoms. The fraction of sp³-hybridized carbons (Fsp3) is 0.267. The van der Waals surface area contributed by atoms with Gasteiger partial charge in [0.2, 0.25) is 0 Å². The lowest BCUT2D eigenvalue weighted by Crippen LogP contribution is -2.42. The van der Waals surface area contributed by atoms with Crippen LogP contribution in [0, 0.1) is 6.92 Å². The van der Waals surface area contributed by atoms with E-state index in [1.165, 1.54) is 10.8 Å². The summed E-state index contributed by atoms with van der Waals surface area (Å²) in [4.78, 5) is 26.4. The molecule has 6 rings (SSSR count). The number of benzene rings is 2. The second-order valence-corrected chi connectivity index (χ2v) is 9.88. The van der Waals surface area contributed by atoms with E-state index in [1.54, 1.807) is 19.1 Å². The largest absolute Gasteiger partial charge is 0.394 e. The Hall–Kier alpha value is -4.58. The van der Waals surface area contributed by atoms with Gasteiger partial charge in [0.15, 0.2) is 11.5 Å². The molecule has 0 amide bonds. The van der Waals surface area contributed by atoms with E-state index in [0.29, 0.717) is 28.5 Å². The second-order valence-electron chi connectivity index (χ2n) is 9.88. The quantitative estimate of drug-likeness (QED) is 0.289. The minimum absolute atomic E-state index is 0.0928. The van der Waals surface area contributed by atoms with Crippen molar-refractivity contribution in [3.05, 3.63) is 117 Å². The predicted molar refractivity (Wildman–Crippen MR) is 147 cm³/mol. The van der Waals surface area contributed by atoms with Crippen LogP contribution in [0.1, 0.15) is 29.7 Å². The first kappa shape index (κ1) is 26.6. The van der Waals surface area contributed by atoms with Crippen molar-refractivity contribution in [3.8, 4) is 22.5 Å². The molecule has 1 aliphatic rings. The average Bonchev–Trinajstić information content (AvgIpc) is 3.77. The molecule has 1 saturated heterocycles. The highest BCUT2D eigenvalue weighted by Gasteiger charge is 2.38. The molecule has 0 bridgehead atoms. The standard InChI is InChI=1S/C30H28N4O7/c1-19-15-33(30(37)34(29(19)36)16-22-12-24(31-40-22)20-8-4-2-5-9-20)28-14-26(27(17-35)39-28)38-18-23-13-25(32-41-23)21-10-6-3-7-11-21/h2-13,15,26-28,35H,14,16-18H2,1H3/t26-,27+,28+/m0/s1. The average molecular weight is 557 g/mol.